The Morgan fingerprint density at radius 2 is 1.89 bits per heavy atom. The number of fused-ring (bicyclic) bond motifs is 1. The van der Waals surface area contributed by atoms with E-state index in [1.54, 1.807) is 13.4 Å². The third-order valence-electron chi connectivity index (χ3n) is 4.93. The maximum absolute atomic E-state index is 12.8. The van der Waals surface area contributed by atoms with Gasteiger partial charge in [-0.2, -0.15) is 0 Å². The molecule has 140 valence electrons. The SMILES string of the molecule is Cc1nc(C)c(C(=O)N2CCN(c3ccc4c(=O)n(C)cnc4c3)CC2)s1. The minimum atomic E-state index is -0.0443. The molecule has 0 unspecified atom stereocenters. The van der Waals surface area contributed by atoms with E-state index in [4.69, 9.17) is 0 Å². The normalized spacial score (nSPS) is 14.8. The van der Waals surface area contributed by atoms with Gasteiger partial charge in [0.2, 0.25) is 0 Å². The Hall–Kier alpha value is -2.74. The quantitative estimate of drug-likeness (QED) is 0.677. The first kappa shape index (κ1) is 17.7. The molecule has 8 heteroatoms. The van der Waals surface area contributed by atoms with Crippen molar-refractivity contribution in [3.05, 3.63) is 50.5 Å². The zero-order valence-electron chi connectivity index (χ0n) is 15.6. The third kappa shape index (κ3) is 3.21. The van der Waals surface area contributed by atoms with E-state index in [9.17, 15) is 9.59 Å². The number of thiazole rings is 1. The van der Waals surface area contributed by atoms with Crippen molar-refractivity contribution in [3.63, 3.8) is 0 Å². The van der Waals surface area contributed by atoms with Gasteiger partial charge in [-0.05, 0) is 32.0 Å². The van der Waals surface area contributed by atoms with Crippen molar-refractivity contribution >= 4 is 33.8 Å². The van der Waals surface area contributed by atoms with Crippen LogP contribution in [0.15, 0.2) is 29.3 Å². The predicted octanol–water partition coefficient (Wildman–Crippen LogP) is 1.97. The molecule has 4 rings (SSSR count). The third-order valence-corrected chi connectivity index (χ3v) is 5.99. The standard InChI is InChI=1S/C19H21N5O2S/c1-12-17(27-13(2)21-12)19(26)24-8-6-23(7-9-24)14-4-5-15-16(10-14)20-11-22(3)18(15)25/h4-5,10-11H,6-9H2,1-3H3. The van der Waals surface area contributed by atoms with Gasteiger partial charge in [0, 0.05) is 38.9 Å². The summed E-state index contributed by atoms with van der Waals surface area (Å²) in [6, 6.07) is 5.74. The molecule has 0 radical (unpaired) electrons. The minimum absolute atomic E-state index is 0.0443. The Morgan fingerprint density at radius 3 is 2.56 bits per heavy atom. The van der Waals surface area contributed by atoms with Crippen LogP contribution in [0.25, 0.3) is 10.9 Å². The van der Waals surface area contributed by atoms with Crippen LogP contribution in [0, 0.1) is 13.8 Å². The van der Waals surface area contributed by atoms with Crippen molar-refractivity contribution in [1.82, 2.24) is 19.4 Å². The highest BCUT2D eigenvalue weighted by Crippen LogP contribution is 2.23. The summed E-state index contributed by atoms with van der Waals surface area (Å²) in [5.41, 5.74) is 2.49. The molecule has 27 heavy (non-hydrogen) atoms. The van der Waals surface area contributed by atoms with Crippen molar-refractivity contribution in [2.75, 3.05) is 31.1 Å². The van der Waals surface area contributed by atoms with Gasteiger partial charge in [0.1, 0.15) is 4.88 Å². The number of aryl methyl sites for hydroxylation is 3. The number of rotatable bonds is 2. The first-order chi connectivity index (χ1) is 12.9. The van der Waals surface area contributed by atoms with Gasteiger partial charge in [-0.1, -0.05) is 0 Å². The van der Waals surface area contributed by atoms with Crippen LogP contribution in [-0.4, -0.2) is 51.5 Å². The monoisotopic (exact) mass is 383 g/mol. The molecule has 0 spiro atoms. The molecule has 1 aliphatic heterocycles. The van der Waals surface area contributed by atoms with Gasteiger partial charge in [-0.25, -0.2) is 9.97 Å². The summed E-state index contributed by atoms with van der Waals surface area (Å²) in [6.07, 6.45) is 1.55. The number of piperazine rings is 1. The lowest BCUT2D eigenvalue weighted by molar-refractivity contribution is 0.0750. The number of benzene rings is 1. The number of carbonyl (C=O) groups excluding carboxylic acids is 1. The fourth-order valence-corrected chi connectivity index (χ4v) is 4.32. The smallest absolute Gasteiger partial charge is 0.265 e. The second kappa shape index (κ2) is 6.77. The molecular formula is C19H21N5O2S. The summed E-state index contributed by atoms with van der Waals surface area (Å²) < 4.78 is 1.48. The van der Waals surface area contributed by atoms with Gasteiger partial charge in [-0.15, -0.1) is 11.3 Å². The zero-order chi connectivity index (χ0) is 19.1. The second-order valence-electron chi connectivity index (χ2n) is 6.79. The Morgan fingerprint density at radius 1 is 1.15 bits per heavy atom. The predicted molar refractivity (Wildman–Crippen MR) is 107 cm³/mol. The second-order valence-corrected chi connectivity index (χ2v) is 7.99. The van der Waals surface area contributed by atoms with E-state index in [0.29, 0.717) is 24.0 Å². The number of carbonyl (C=O) groups is 1. The van der Waals surface area contributed by atoms with Crippen molar-refractivity contribution in [1.29, 1.82) is 0 Å². The molecule has 7 nitrogen and oxygen atoms in total. The first-order valence-electron chi connectivity index (χ1n) is 8.87. The number of anilines is 1. The molecule has 0 aliphatic carbocycles. The van der Waals surface area contributed by atoms with Crippen molar-refractivity contribution < 1.29 is 4.79 Å². The zero-order valence-corrected chi connectivity index (χ0v) is 16.4. The van der Waals surface area contributed by atoms with Crippen LogP contribution in [-0.2, 0) is 7.05 Å². The molecule has 3 aromatic rings. The Kier molecular flexibility index (Phi) is 4.43. The van der Waals surface area contributed by atoms with Crippen molar-refractivity contribution in [2.24, 2.45) is 7.05 Å². The molecule has 2 aromatic heterocycles. The van der Waals surface area contributed by atoms with E-state index in [0.717, 1.165) is 34.4 Å². The highest BCUT2D eigenvalue weighted by molar-refractivity contribution is 7.13. The number of hydrogen-bond donors (Lipinski definition) is 0. The molecule has 1 saturated heterocycles. The van der Waals surface area contributed by atoms with Crippen molar-refractivity contribution in [2.45, 2.75) is 13.8 Å². The topological polar surface area (TPSA) is 71.3 Å². The molecule has 0 atom stereocenters. The summed E-state index contributed by atoms with van der Waals surface area (Å²) in [7, 11) is 1.70. The minimum Gasteiger partial charge on any atom is -0.368 e. The van der Waals surface area contributed by atoms with Gasteiger partial charge < -0.3 is 14.4 Å². The largest absolute Gasteiger partial charge is 0.368 e. The van der Waals surface area contributed by atoms with E-state index in [2.05, 4.69) is 14.9 Å². The van der Waals surface area contributed by atoms with E-state index in [1.807, 2.05) is 36.9 Å². The molecule has 3 heterocycles. The average molecular weight is 383 g/mol. The molecule has 1 fully saturated rings. The average Bonchev–Trinajstić information content (AvgIpc) is 3.02. The molecule has 1 amide bonds. The Bertz CT molecular complexity index is 1080. The summed E-state index contributed by atoms with van der Waals surface area (Å²) in [4.78, 5) is 38.5. The molecule has 1 aromatic carbocycles. The lowest BCUT2D eigenvalue weighted by Gasteiger charge is -2.36. The number of hydrogen-bond acceptors (Lipinski definition) is 6. The summed E-state index contributed by atoms with van der Waals surface area (Å²) in [5.74, 6) is 0.0708. The molecule has 0 N–H and O–H groups in total. The maximum atomic E-state index is 12.8. The van der Waals surface area contributed by atoms with Crippen molar-refractivity contribution in [3.8, 4) is 0 Å². The number of nitrogens with zero attached hydrogens (tertiary/aromatic N) is 5. The van der Waals surface area contributed by atoms with E-state index in [1.165, 1.54) is 15.9 Å². The molecule has 0 bridgehead atoms. The van der Waals surface area contributed by atoms with Crippen LogP contribution >= 0.6 is 11.3 Å². The van der Waals surface area contributed by atoms with Gasteiger partial charge in [0.05, 0.1) is 27.9 Å². The van der Waals surface area contributed by atoms with Crippen LogP contribution in [0.2, 0.25) is 0 Å². The Labute approximate surface area is 160 Å². The number of aromatic nitrogens is 3. The maximum Gasteiger partial charge on any atom is 0.265 e. The molecular weight excluding hydrogens is 362 g/mol. The van der Waals surface area contributed by atoms with Gasteiger partial charge in [0.25, 0.3) is 11.5 Å². The van der Waals surface area contributed by atoms with Crippen LogP contribution < -0.4 is 10.5 Å². The van der Waals surface area contributed by atoms with Crippen LogP contribution in [0.1, 0.15) is 20.4 Å². The lowest BCUT2D eigenvalue weighted by atomic mass is 10.2. The number of amides is 1. The van der Waals surface area contributed by atoms with E-state index >= 15 is 0 Å². The molecule has 0 saturated carbocycles. The van der Waals surface area contributed by atoms with E-state index in [-0.39, 0.29) is 11.5 Å². The highest BCUT2D eigenvalue weighted by Gasteiger charge is 2.25. The van der Waals surface area contributed by atoms with E-state index < -0.39 is 0 Å². The van der Waals surface area contributed by atoms with Crippen LogP contribution in [0.4, 0.5) is 5.69 Å². The van der Waals surface area contributed by atoms with Crippen LogP contribution in [0.3, 0.4) is 0 Å². The van der Waals surface area contributed by atoms with Crippen LogP contribution in [0.5, 0.6) is 0 Å². The summed E-state index contributed by atoms with van der Waals surface area (Å²) in [6.45, 7) is 6.64. The fourth-order valence-electron chi connectivity index (χ4n) is 3.44. The molecule has 1 aliphatic rings. The summed E-state index contributed by atoms with van der Waals surface area (Å²) in [5, 5.41) is 1.54. The fraction of sp³-hybridized carbons (Fsp3) is 0.368. The van der Waals surface area contributed by atoms with Gasteiger partial charge in [0.15, 0.2) is 0 Å². The van der Waals surface area contributed by atoms with Gasteiger partial charge >= 0.3 is 0 Å². The first-order valence-corrected chi connectivity index (χ1v) is 9.69. The highest BCUT2D eigenvalue weighted by atomic mass is 32.1. The Balaban J connectivity index is 1.50. The summed E-state index contributed by atoms with van der Waals surface area (Å²) >= 11 is 1.46. The van der Waals surface area contributed by atoms with Gasteiger partial charge in [-0.3, -0.25) is 9.59 Å². The lowest BCUT2D eigenvalue weighted by Crippen LogP contribution is -2.48.